The smallest absolute Gasteiger partial charge is 0.264 e. The van der Waals surface area contributed by atoms with Gasteiger partial charge in [0.25, 0.3) is 10.0 Å². The summed E-state index contributed by atoms with van der Waals surface area (Å²) in [6.45, 7) is 5.29. The van der Waals surface area contributed by atoms with Crippen molar-refractivity contribution < 1.29 is 18.0 Å². The lowest BCUT2D eigenvalue weighted by atomic mass is 9.95. The van der Waals surface area contributed by atoms with Gasteiger partial charge in [-0.15, -0.1) is 0 Å². The summed E-state index contributed by atoms with van der Waals surface area (Å²) in [5.74, 6) is -0.687. The van der Waals surface area contributed by atoms with Crippen molar-refractivity contribution in [1.82, 2.24) is 10.2 Å². The molecule has 7 nitrogen and oxygen atoms in total. The van der Waals surface area contributed by atoms with Gasteiger partial charge in [-0.1, -0.05) is 77.2 Å². The first kappa shape index (κ1) is 30.8. The molecule has 0 spiro atoms. The minimum atomic E-state index is -4.09. The number of hydrogen-bond acceptors (Lipinski definition) is 4. The SMILES string of the molecule is Cc1ccc(S(=O)(=O)N(CC(=O)N(Cc2ccccc2C)[C@@H](C)C(=O)NC2CCCCC2)c2ccc(Br)cc2)cc1. The molecule has 4 rings (SSSR count). The quantitative estimate of drug-likeness (QED) is 0.289. The van der Waals surface area contributed by atoms with Gasteiger partial charge in [-0.3, -0.25) is 13.9 Å². The van der Waals surface area contributed by atoms with Crippen molar-refractivity contribution in [2.24, 2.45) is 0 Å². The van der Waals surface area contributed by atoms with Gasteiger partial charge in [-0.2, -0.15) is 0 Å². The zero-order valence-electron chi connectivity index (χ0n) is 23.8. The van der Waals surface area contributed by atoms with Gasteiger partial charge < -0.3 is 10.2 Å². The van der Waals surface area contributed by atoms with E-state index in [-0.39, 0.29) is 23.4 Å². The molecule has 3 aromatic rings. The van der Waals surface area contributed by atoms with Crippen molar-refractivity contribution in [2.45, 2.75) is 76.4 Å². The lowest BCUT2D eigenvalue weighted by Crippen LogP contribution is -2.53. The van der Waals surface area contributed by atoms with Gasteiger partial charge in [0.1, 0.15) is 12.6 Å². The molecule has 1 atom stereocenters. The Hall–Kier alpha value is -3.17. The van der Waals surface area contributed by atoms with Crippen LogP contribution in [0.5, 0.6) is 0 Å². The van der Waals surface area contributed by atoms with Crippen LogP contribution in [0.25, 0.3) is 0 Å². The fraction of sp³-hybridized carbons (Fsp3) is 0.375. The van der Waals surface area contributed by atoms with Gasteiger partial charge in [0, 0.05) is 17.1 Å². The molecule has 41 heavy (non-hydrogen) atoms. The van der Waals surface area contributed by atoms with Crippen LogP contribution >= 0.6 is 15.9 Å². The molecule has 1 aliphatic carbocycles. The van der Waals surface area contributed by atoms with Gasteiger partial charge in [0.05, 0.1) is 10.6 Å². The summed E-state index contributed by atoms with van der Waals surface area (Å²) in [7, 11) is -4.09. The third-order valence-corrected chi connectivity index (χ3v) is 10.0. The number of benzene rings is 3. The zero-order valence-corrected chi connectivity index (χ0v) is 26.2. The number of sulfonamides is 1. The zero-order chi connectivity index (χ0) is 29.6. The third-order valence-electron chi connectivity index (χ3n) is 7.72. The molecule has 0 aromatic heterocycles. The second kappa shape index (κ2) is 13.7. The van der Waals surface area contributed by atoms with Crippen molar-refractivity contribution in [3.05, 3.63) is 94.0 Å². The minimum absolute atomic E-state index is 0.0902. The predicted molar refractivity (Wildman–Crippen MR) is 166 cm³/mol. The van der Waals surface area contributed by atoms with Crippen LogP contribution < -0.4 is 9.62 Å². The molecule has 1 fully saturated rings. The van der Waals surface area contributed by atoms with Crippen LogP contribution in [0, 0.1) is 13.8 Å². The van der Waals surface area contributed by atoms with Crippen LogP contribution in [-0.4, -0.2) is 43.8 Å². The molecule has 0 heterocycles. The monoisotopic (exact) mass is 639 g/mol. The van der Waals surface area contributed by atoms with E-state index in [1.807, 2.05) is 38.1 Å². The molecule has 218 valence electrons. The molecular weight excluding hydrogens is 602 g/mol. The Morgan fingerprint density at radius 1 is 0.927 bits per heavy atom. The van der Waals surface area contributed by atoms with Gasteiger partial charge >= 0.3 is 0 Å². The van der Waals surface area contributed by atoms with Crippen molar-refractivity contribution in [1.29, 1.82) is 0 Å². The number of aryl methyl sites for hydroxylation is 2. The molecule has 0 aliphatic heterocycles. The van der Waals surface area contributed by atoms with Gasteiger partial charge in [0.2, 0.25) is 11.8 Å². The van der Waals surface area contributed by atoms with Gasteiger partial charge in [-0.25, -0.2) is 8.42 Å². The highest BCUT2D eigenvalue weighted by molar-refractivity contribution is 9.10. The molecule has 1 aliphatic rings. The first-order valence-corrected chi connectivity index (χ1v) is 16.3. The molecule has 0 radical (unpaired) electrons. The fourth-order valence-corrected chi connectivity index (χ4v) is 6.77. The van der Waals surface area contributed by atoms with E-state index in [1.165, 1.54) is 11.3 Å². The van der Waals surface area contributed by atoms with E-state index >= 15 is 0 Å². The van der Waals surface area contributed by atoms with Crippen molar-refractivity contribution >= 4 is 43.5 Å². The van der Waals surface area contributed by atoms with E-state index < -0.39 is 28.5 Å². The first-order chi connectivity index (χ1) is 19.6. The highest BCUT2D eigenvalue weighted by atomic mass is 79.9. The van der Waals surface area contributed by atoms with E-state index in [0.29, 0.717) is 5.69 Å². The van der Waals surface area contributed by atoms with Crippen LogP contribution in [-0.2, 0) is 26.2 Å². The number of nitrogens with one attached hydrogen (secondary N) is 1. The van der Waals surface area contributed by atoms with Crippen LogP contribution in [0.2, 0.25) is 0 Å². The standard InChI is InChI=1S/C32H38BrN3O4S/c1-23-13-19-30(20-14-23)41(39,40)36(29-17-15-27(33)16-18-29)22-31(37)35(21-26-10-8-7-9-24(26)2)25(3)32(38)34-28-11-5-4-6-12-28/h7-10,13-20,25,28H,4-6,11-12,21-22H2,1-3H3,(H,34,38)/t25-/m0/s1. The summed E-state index contributed by atoms with van der Waals surface area (Å²) in [5.41, 5.74) is 3.17. The molecular formula is C32H38BrN3O4S. The summed E-state index contributed by atoms with van der Waals surface area (Å²) >= 11 is 3.40. The Labute approximate surface area is 252 Å². The molecule has 9 heteroatoms. The highest BCUT2D eigenvalue weighted by Crippen LogP contribution is 2.27. The fourth-order valence-electron chi connectivity index (χ4n) is 5.10. The molecule has 0 bridgehead atoms. The second-order valence-electron chi connectivity index (χ2n) is 10.8. The number of anilines is 1. The maximum absolute atomic E-state index is 14.1. The Morgan fingerprint density at radius 2 is 1.56 bits per heavy atom. The number of amides is 2. The maximum Gasteiger partial charge on any atom is 0.264 e. The average Bonchev–Trinajstić information content (AvgIpc) is 2.96. The number of halogens is 1. The van der Waals surface area contributed by atoms with Crippen molar-refractivity contribution in [3.8, 4) is 0 Å². The van der Waals surface area contributed by atoms with E-state index in [4.69, 9.17) is 0 Å². The number of carbonyl (C=O) groups excluding carboxylic acids is 2. The first-order valence-electron chi connectivity index (χ1n) is 14.1. The second-order valence-corrected chi connectivity index (χ2v) is 13.5. The van der Waals surface area contributed by atoms with Crippen LogP contribution in [0.15, 0.2) is 82.2 Å². The van der Waals surface area contributed by atoms with Crippen LogP contribution in [0.1, 0.15) is 55.7 Å². The average molecular weight is 641 g/mol. The molecule has 1 N–H and O–H groups in total. The lowest BCUT2D eigenvalue weighted by molar-refractivity contribution is -0.139. The van der Waals surface area contributed by atoms with Crippen LogP contribution in [0.3, 0.4) is 0 Å². The van der Waals surface area contributed by atoms with E-state index in [9.17, 15) is 18.0 Å². The van der Waals surface area contributed by atoms with Gasteiger partial charge in [0.15, 0.2) is 0 Å². The van der Waals surface area contributed by atoms with E-state index in [2.05, 4.69) is 21.2 Å². The van der Waals surface area contributed by atoms with Crippen molar-refractivity contribution in [2.75, 3.05) is 10.8 Å². The summed E-state index contributed by atoms with van der Waals surface area (Å²) in [6.07, 6.45) is 5.17. The summed E-state index contributed by atoms with van der Waals surface area (Å²) in [6, 6.07) is 20.4. The maximum atomic E-state index is 14.1. The molecule has 0 unspecified atom stereocenters. The van der Waals surface area contributed by atoms with Crippen molar-refractivity contribution in [3.63, 3.8) is 0 Å². The topological polar surface area (TPSA) is 86.8 Å². The third kappa shape index (κ3) is 7.77. The number of carbonyl (C=O) groups is 2. The van der Waals surface area contributed by atoms with Gasteiger partial charge in [-0.05, 0) is 81.1 Å². The summed E-state index contributed by atoms with van der Waals surface area (Å²) in [4.78, 5) is 29.1. The minimum Gasteiger partial charge on any atom is -0.352 e. The Balaban J connectivity index is 1.68. The summed E-state index contributed by atoms with van der Waals surface area (Å²) in [5, 5.41) is 3.14. The Kier molecular flexibility index (Phi) is 10.3. The molecule has 3 aromatic carbocycles. The Bertz CT molecular complexity index is 1450. The highest BCUT2D eigenvalue weighted by Gasteiger charge is 2.33. The lowest BCUT2D eigenvalue weighted by Gasteiger charge is -2.33. The van der Waals surface area contributed by atoms with Crippen LogP contribution in [0.4, 0.5) is 5.69 Å². The number of hydrogen-bond donors (Lipinski definition) is 1. The predicted octanol–water partition coefficient (Wildman–Crippen LogP) is 6.13. The summed E-state index contributed by atoms with van der Waals surface area (Å²) < 4.78 is 29.8. The van der Waals surface area contributed by atoms with E-state index in [1.54, 1.807) is 55.5 Å². The molecule has 0 saturated heterocycles. The Morgan fingerprint density at radius 3 is 2.20 bits per heavy atom. The normalized spacial score (nSPS) is 14.7. The molecule has 2 amide bonds. The number of nitrogens with zero attached hydrogens (tertiary/aromatic N) is 2. The molecule has 1 saturated carbocycles. The number of rotatable bonds is 10. The van der Waals surface area contributed by atoms with E-state index in [0.717, 1.165) is 51.2 Å². The largest absolute Gasteiger partial charge is 0.352 e.